The maximum absolute atomic E-state index is 13.2. The normalized spacial score (nSPS) is 22.5. The van der Waals surface area contributed by atoms with Gasteiger partial charge in [0, 0.05) is 12.3 Å². The first-order valence-electron chi connectivity index (χ1n) is 9.33. The van der Waals surface area contributed by atoms with E-state index in [9.17, 15) is 14.1 Å². The molecule has 0 aliphatic heterocycles. The van der Waals surface area contributed by atoms with Gasteiger partial charge >= 0.3 is 5.97 Å². The van der Waals surface area contributed by atoms with Gasteiger partial charge in [-0.3, -0.25) is 9.59 Å². The number of esters is 1. The fourth-order valence-corrected chi connectivity index (χ4v) is 5.09. The summed E-state index contributed by atoms with van der Waals surface area (Å²) < 4.78 is 18.1. The summed E-state index contributed by atoms with van der Waals surface area (Å²) in [7, 11) is 1.30. The zero-order valence-electron chi connectivity index (χ0n) is 15.6. The number of rotatable bonds is 9. The van der Waals surface area contributed by atoms with Gasteiger partial charge in [0.1, 0.15) is 17.0 Å². The van der Waals surface area contributed by atoms with Crippen LogP contribution in [0.15, 0.2) is 47.4 Å². The highest BCUT2D eigenvalue weighted by Gasteiger charge is 2.48. The van der Waals surface area contributed by atoms with E-state index in [1.54, 1.807) is 0 Å². The van der Waals surface area contributed by atoms with Crippen molar-refractivity contribution in [1.82, 2.24) is 0 Å². The minimum absolute atomic E-state index is 0.101. The molecule has 1 aromatic rings. The van der Waals surface area contributed by atoms with Crippen LogP contribution in [0.25, 0.3) is 0 Å². The first-order valence-corrected chi connectivity index (χ1v) is 10.5. The molecule has 1 aliphatic carbocycles. The Morgan fingerprint density at radius 1 is 1.35 bits per heavy atom. The number of allylic oxidation sites excluding steroid dienone is 1. The lowest BCUT2D eigenvalue weighted by Crippen LogP contribution is -2.36. The number of hydrogen-bond donors (Lipinski definition) is 0. The van der Waals surface area contributed by atoms with E-state index in [4.69, 9.17) is 4.74 Å². The van der Waals surface area contributed by atoms with Crippen LogP contribution < -0.4 is 0 Å². The molecule has 0 aromatic heterocycles. The number of carbonyl (C=O) groups is 2. The first kappa shape index (κ1) is 20.7. The van der Waals surface area contributed by atoms with Crippen molar-refractivity contribution < 1.29 is 18.9 Å². The van der Waals surface area contributed by atoms with E-state index in [0.29, 0.717) is 12.8 Å². The van der Waals surface area contributed by atoms with E-state index >= 15 is 0 Å². The van der Waals surface area contributed by atoms with Crippen molar-refractivity contribution in [3.63, 3.8) is 0 Å². The minimum Gasteiger partial charge on any atom is -0.611 e. The molecule has 1 aliphatic rings. The molecule has 142 valence electrons. The van der Waals surface area contributed by atoms with Crippen molar-refractivity contribution in [3.8, 4) is 0 Å². The molecule has 1 aromatic carbocycles. The number of benzene rings is 1. The predicted molar refractivity (Wildman–Crippen MR) is 103 cm³/mol. The molecule has 0 spiro atoms. The standard InChI is InChI=1S/C21H28O4S/c1-3-4-5-6-10-13-19(26(24)16-11-8-7-9-12-16)17-14-15-18(22)20(17)21(23)25-2/h7-13,17,19-20H,3-6,14-15H2,1-2H3/b13-10+. The van der Waals surface area contributed by atoms with Crippen LogP contribution in [-0.2, 0) is 25.5 Å². The van der Waals surface area contributed by atoms with Crippen molar-refractivity contribution >= 4 is 22.9 Å². The van der Waals surface area contributed by atoms with Crippen LogP contribution in [0.2, 0.25) is 0 Å². The Kier molecular flexibility index (Phi) is 8.39. The van der Waals surface area contributed by atoms with Crippen molar-refractivity contribution in [2.24, 2.45) is 11.8 Å². The number of unbranched alkanes of at least 4 members (excludes halogenated alkanes) is 3. The Morgan fingerprint density at radius 3 is 2.73 bits per heavy atom. The maximum atomic E-state index is 13.2. The van der Waals surface area contributed by atoms with Gasteiger partial charge in [-0.15, -0.1) is 0 Å². The number of ether oxygens (including phenoxy) is 1. The number of Topliss-reactive ketones (excluding diaryl/α,β-unsaturated/α-hetero) is 1. The van der Waals surface area contributed by atoms with E-state index in [0.717, 1.165) is 30.6 Å². The van der Waals surface area contributed by atoms with Gasteiger partial charge in [-0.2, -0.15) is 0 Å². The SMILES string of the molecule is CCCCC/C=C/C(C1CCC(=O)C1C(=O)OC)[S+]([O-])c1ccccc1. The first-order chi connectivity index (χ1) is 12.6. The third kappa shape index (κ3) is 5.21. The fourth-order valence-electron chi connectivity index (χ4n) is 3.48. The lowest BCUT2D eigenvalue weighted by atomic mass is 9.91. The Morgan fingerprint density at radius 2 is 2.08 bits per heavy atom. The molecular weight excluding hydrogens is 348 g/mol. The molecule has 1 fully saturated rings. The number of ketones is 1. The molecule has 5 heteroatoms. The summed E-state index contributed by atoms with van der Waals surface area (Å²) in [5.74, 6) is -1.69. The summed E-state index contributed by atoms with van der Waals surface area (Å²) in [6.45, 7) is 2.15. The van der Waals surface area contributed by atoms with Gasteiger partial charge in [0.05, 0.1) is 7.11 Å². The van der Waals surface area contributed by atoms with Crippen molar-refractivity contribution in [2.45, 2.75) is 55.6 Å². The second-order valence-corrected chi connectivity index (χ2v) is 8.28. The third-order valence-electron chi connectivity index (χ3n) is 4.90. The number of hydrogen-bond acceptors (Lipinski definition) is 4. The smallest absolute Gasteiger partial charge is 0.316 e. The largest absolute Gasteiger partial charge is 0.611 e. The quantitative estimate of drug-likeness (QED) is 0.214. The summed E-state index contributed by atoms with van der Waals surface area (Å²) >= 11 is -1.32. The Bertz CT molecular complexity index is 614. The zero-order valence-corrected chi connectivity index (χ0v) is 16.4. The van der Waals surface area contributed by atoms with E-state index in [1.807, 2.05) is 36.4 Å². The van der Waals surface area contributed by atoms with Gasteiger partial charge in [0.2, 0.25) is 0 Å². The predicted octanol–water partition coefficient (Wildman–Crippen LogP) is 4.07. The minimum atomic E-state index is -1.32. The molecule has 0 heterocycles. The molecule has 0 radical (unpaired) electrons. The van der Waals surface area contributed by atoms with Crippen LogP contribution in [-0.4, -0.2) is 28.7 Å². The molecule has 4 nitrogen and oxygen atoms in total. The van der Waals surface area contributed by atoms with Gasteiger partial charge in [-0.1, -0.05) is 44.0 Å². The summed E-state index contributed by atoms with van der Waals surface area (Å²) in [5, 5.41) is -0.366. The third-order valence-corrected chi connectivity index (χ3v) is 6.64. The van der Waals surface area contributed by atoms with Crippen molar-refractivity contribution in [3.05, 3.63) is 42.5 Å². The Hall–Kier alpha value is -1.59. The lowest BCUT2D eigenvalue weighted by molar-refractivity contribution is -0.149. The van der Waals surface area contributed by atoms with Gasteiger partial charge in [0.15, 0.2) is 4.90 Å². The van der Waals surface area contributed by atoms with Gasteiger partial charge in [0.25, 0.3) is 0 Å². The van der Waals surface area contributed by atoms with E-state index in [-0.39, 0.29) is 17.0 Å². The lowest BCUT2D eigenvalue weighted by Gasteiger charge is -2.26. The topological polar surface area (TPSA) is 66.4 Å². The zero-order chi connectivity index (χ0) is 18.9. The summed E-state index contributed by atoms with van der Waals surface area (Å²) in [5.41, 5.74) is 0. The summed E-state index contributed by atoms with van der Waals surface area (Å²) in [4.78, 5) is 25.1. The summed E-state index contributed by atoms with van der Waals surface area (Å²) in [6, 6.07) is 9.25. The average Bonchev–Trinajstić information content (AvgIpc) is 3.05. The van der Waals surface area contributed by atoms with Crippen molar-refractivity contribution in [1.29, 1.82) is 0 Å². The molecule has 4 unspecified atom stereocenters. The van der Waals surface area contributed by atoms with E-state index in [2.05, 4.69) is 13.0 Å². The molecule has 0 amide bonds. The van der Waals surface area contributed by atoms with Crippen LogP contribution in [0, 0.1) is 11.8 Å². The molecular formula is C21H28O4S. The Balaban J connectivity index is 2.24. The summed E-state index contributed by atoms with van der Waals surface area (Å²) in [6.07, 6.45) is 9.23. The van der Waals surface area contributed by atoms with Crippen LogP contribution in [0.1, 0.15) is 45.4 Å². The molecule has 0 N–H and O–H groups in total. The van der Waals surface area contributed by atoms with Crippen LogP contribution in [0.3, 0.4) is 0 Å². The highest BCUT2D eigenvalue weighted by molar-refractivity contribution is 7.92. The second-order valence-electron chi connectivity index (χ2n) is 6.67. The van der Waals surface area contributed by atoms with Crippen LogP contribution in [0.5, 0.6) is 0 Å². The van der Waals surface area contributed by atoms with Gasteiger partial charge < -0.3 is 9.29 Å². The highest BCUT2D eigenvalue weighted by Crippen LogP contribution is 2.38. The maximum Gasteiger partial charge on any atom is 0.316 e. The molecule has 0 bridgehead atoms. The molecule has 4 atom stereocenters. The van der Waals surface area contributed by atoms with Crippen LogP contribution >= 0.6 is 0 Å². The Labute approximate surface area is 159 Å². The molecule has 26 heavy (non-hydrogen) atoms. The highest BCUT2D eigenvalue weighted by atomic mass is 32.2. The molecule has 1 saturated carbocycles. The van der Waals surface area contributed by atoms with Crippen LogP contribution in [0.4, 0.5) is 0 Å². The van der Waals surface area contributed by atoms with E-state index < -0.39 is 23.1 Å². The van der Waals surface area contributed by atoms with Gasteiger partial charge in [-0.05, 0) is 48.6 Å². The van der Waals surface area contributed by atoms with E-state index in [1.165, 1.54) is 7.11 Å². The molecule has 0 saturated heterocycles. The fraction of sp³-hybridized carbons (Fsp3) is 0.524. The second kappa shape index (κ2) is 10.5. The average molecular weight is 377 g/mol. The number of carbonyl (C=O) groups excluding carboxylic acids is 2. The van der Waals surface area contributed by atoms with Crippen molar-refractivity contribution in [2.75, 3.05) is 7.11 Å². The monoisotopic (exact) mass is 376 g/mol. The van der Waals surface area contributed by atoms with Gasteiger partial charge in [-0.25, -0.2) is 0 Å². The molecule has 2 rings (SSSR count). The number of methoxy groups -OCH3 is 1.